The third-order valence-electron chi connectivity index (χ3n) is 3.72. The minimum Gasteiger partial charge on any atom is -0.493 e. The quantitative estimate of drug-likeness (QED) is 0.339. The number of nitro groups is 1. The molecule has 1 aromatic heterocycles. The number of nitrogens with one attached hydrogen (secondary N) is 1. The zero-order valence-corrected chi connectivity index (χ0v) is 16.1. The number of nitrogens with zero attached hydrogens (tertiary/aromatic N) is 3. The number of aromatic nitrogens is 1. The van der Waals surface area contributed by atoms with Crippen LogP contribution in [0.1, 0.15) is 12.5 Å². The van der Waals surface area contributed by atoms with Crippen molar-refractivity contribution in [3.05, 3.63) is 63.5 Å². The van der Waals surface area contributed by atoms with Crippen LogP contribution in [-0.2, 0) is 0 Å². The van der Waals surface area contributed by atoms with E-state index in [-0.39, 0.29) is 5.69 Å². The van der Waals surface area contributed by atoms with Gasteiger partial charge in [-0.3, -0.25) is 15.5 Å². The topological polar surface area (TPSA) is 98.9 Å². The maximum absolute atomic E-state index is 10.9. The second-order valence-electron chi connectivity index (χ2n) is 5.56. The number of non-ortho nitro benzene ring substituents is 1. The van der Waals surface area contributed by atoms with Crippen LogP contribution in [0.15, 0.2) is 52.9 Å². The summed E-state index contributed by atoms with van der Waals surface area (Å²) in [5.74, 6) is 1.31. The number of anilines is 1. The van der Waals surface area contributed by atoms with Crippen LogP contribution in [0.2, 0.25) is 0 Å². The van der Waals surface area contributed by atoms with Gasteiger partial charge in [0, 0.05) is 23.1 Å². The van der Waals surface area contributed by atoms with E-state index in [2.05, 4.69) is 15.5 Å². The Hall–Kier alpha value is -3.46. The predicted molar refractivity (Wildman–Crippen MR) is 110 cm³/mol. The maximum Gasteiger partial charge on any atom is 0.270 e. The highest BCUT2D eigenvalue weighted by Gasteiger charge is 2.10. The van der Waals surface area contributed by atoms with Gasteiger partial charge in [0.15, 0.2) is 11.5 Å². The minimum atomic E-state index is -0.426. The van der Waals surface area contributed by atoms with Gasteiger partial charge in [-0.1, -0.05) is 12.1 Å². The summed E-state index contributed by atoms with van der Waals surface area (Å²) < 4.78 is 10.8. The highest BCUT2D eigenvalue weighted by Crippen LogP contribution is 2.28. The number of thiazole rings is 1. The fraction of sp³-hybridized carbons (Fsp3) is 0.158. The predicted octanol–water partition coefficient (Wildman–Crippen LogP) is 4.57. The Labute approximate surface area is 165 Å². The minimum absolute atomic E-state index is 0.0301. The van der Waals surface area contributed by atoms with Crippen LogP contribution in [0.25, 0.3) is 11.3 Å². The molecule has 1 heterocycles. The summed E-state index contributed by atoms with van der Waals surface area (Å²) in [4.78, 5) is 14.9. The van der Waals surface area contributed by atoms with Gasteiger partial charge in [-0.15, -0.1) is 11.3 Å². The molecule has 2 aromatic carbocycles. The van der Waals surface area contributed by atoms with E-state index in [9.17, 15) is 10.1 Å². The van der Waals surface area contributed by atoms with Gasteiger partial charge in [-0.25, -0.2) is 4.98 Å². The first-order valence-corrected chi connectivity index (χ1v) is 9.29. The van der Waals surface area contributed by atoms with Gasteiger partial charge in [0.1, 0.15) is 0 Å². The van der Waals surface area contributed by atoms with E-state index in [0.717, 1.165) is 5.56 Å². The van der Waals surface area contributed by atoms with Crippen molar-refractivity contribution in [2.75, 3.05) is 19.1 Å². The first-order valence-electron chi connectivity index (χ1n) is 8.41. The van der Waals surface area contributed by atoms with Gasteiger partial charge in [-0.2, -0.15) is 5.10 Å². The van der Waals surface area contributed by atoms with Crippen molar-refractivity contribution in [2.45, 2.75) is 6.92 Å². The monoisotopic (exact) mass is 398 g/mol. The first kappa shape index (κ1) is 19.3. The number of ether oxygens (including phenoxy) is 2. The molecule has 0 aliphatic heterocycles. The Morgan fingerprint density at radius 3 is 2.89 bits per heavy atom. The Kier molecular flexibility index (Phi) is 6.18. The molecular formula is C19H18N4O4S. The van der Waals surface area contributed by atoms with Gasteiger partial charge in [0.05, 0.1) is 30.5 Å². The molecule has 8 nitrogen and oxygen atoms in total. The number of hydrazone groups is 1. The van der Waals surface area contributed by atoms with E-state index >= 15 is 0 Å². The van der Waals surface area contributed by atoms with Crippen LogP contribution in [0.3, 0.4) is 0 Å². The smallest absolute Gasteiger partial charge is 0.270 e. The van der Waals surface area contributed by atoms with Gasteiger partial charge in [-0.05, 0) is 30.7 Å². The molecule has 0 amide bonds. The largest absolute Gasteiger partial charge is 0.493 e. The highest BCUT2D eigenvalue weighted by atomic mass is 32.1. The van der Waals surface area contributed by atoms with E-state index in [1.54, 1.807) is 25.5 Å². The average Bonchev–Trinajstić information content (AvgIpc) is 3.18. The summed E-state index contributed by atoms with van der Waals surface area (Å²) in [5, 5.41) is 17.5. The standard InChI is InChI=1S/C19H18N4O4S/c1-3-27-17-8-7-13(9-18(17)26-2)11-20-22-19-21-16(12-28-19)14-5-4-6-15(10-14)23(24)25/h4-12H,3H2,1-2H3,(H,21,22)/b20-11+. The molecule has 0 saturated heterocycles. The number of methoxy groups -OCH3 is 1. The lowest BCUT2D eigenvalue weighted by molar-refractivity contribution is -0.384. The molecule has 0 unspecified atom stereocenters. The summed E-state index contributed by atoms with van der Waals surface area (Å²) in [7, 11) is 1.59. The maximum atomic E-state index is 10.9. The molecule has 9 heteroatoms. The van der Waals surface area contributed by atoms with E-state index in [4.69, 9.17) is 9.47 Å². The zero-order valence-electron chi connectivity index (χ0n) is 15.3. The first-order chi connectivity index (χ1) is 13.6. The van der Waals surface area contributed by atoms with Crippen molar-refractivity contribution in [1.29, 1.82) is 0 Å². The molecule has 3 rings (SSSR count). The Balaban J connectivity index is 1.69. The van der Waals surface area contributed by atoms with Crippen LogP contribution in [0, 0.1) is 10.1 Å². The van der Waals surface area contributed by atoms with Crippen LogP contribution in [0.5, 0.6) is 11.5 Å². The van der Waals surface area contributed by atoms with Crippen molar-refractivity contribution < 1.29 is 14.4 Å². The lowest BCUT2D eigenvalue weighted by atomic mass is 10.1. The fourth-order valence-electron chi connectivity index (χ4n) is 2.44. The molecule has 28 heavy (non-hydrogen) atoms. The third kappa shape index (κ3) is 4.63. The molecule has 0 spiro atoms. The molecule has 0 fully saturated rings. The van der Waals surface area contributed by atoms with Crippen LogP contribution < -0.4 is 14.9 Å². The van der Waals surface area contributed by atoms with Crippen LogP contribution >= 0.6 is 11.3 Å². The molecule has 0 bridgehead atoms. The zero-order chi connectivity index (χ0) is 19.9. The number of hydrogen-bond acceptors (Lipinski definition) is 8. The number of nitro benzene ring substituents is 1. The molecule has 0 radical (unpaired) electrons. The second kappa shape index (κ2) is 8.96. The molecule has 0 saturated carbocycles. The van der Waals surface area contributed by atoms with Gasteiger partial charge < -0.3 is 9.47 Å². The van der Waals surface area contributed by atoms with Crippen molar-refractivity contribution in [3.8, 4) is 22.8 Å². The Bertz CT molecular complexity index is 1000. The van der Waals surface area contributed by atoms with Crippen molar-refractivity contribution in [2.24, 2.45) is 5.10 Å². The molecule has 3 aromatic rings. The molecule has 1 N–H and O–H groups in total. The second-order valence-corrected chi connectivity index (χ2v) is 6.42. The normalized spacial score (nSPS) is 10.8. The summed E-state index contributed by atoms with van der Waals surface area (Å²) in [5.41, 5.74) is 5.06. The van der Waals surface area contributed by atoms with Gasteiger partial charge in [0.2, 0.25) is 5.13 Å². The highest BCUT2D eigenvalue weighted by molar-refractivity contribution is 7.14. The SMILES string of the molecule is CCOc1ccc(/C=N/Nc2nc(-c3cccc([N+](=O)[O-])c3)cs2)cc1OC. The average molecular weight is 398 g/mol. The number of hydrogen-bond donors (Lipinski definition) is 1. The van der Waals surface area contributed by atoms with Crippen molar-refractivity contribution in [1.82, 2.24) is 4.98 Å². The molecule has 0 atom stereocenters. The van der Waals surface area contributed by atoms with Crippen LogP contribution in [0.4, 0.5) is 10.8 Å². The fourth-order valence-corrected chi connectivity index (χ4v) is 3.11. The third-order valence-corrected chi connectivity index (χ3v) is 4.47. The van der Waals surface area contributed by atoms with E-state index in [1.165, 1.54) is 23.5 Å². The molecular weight excluding hydrogens is 380 g/mol. The van der Waals surface area contributed by atoms with E-state index in [0.29, 0.717) is 34.5 Å². The van der Waals surface area contributed by atoms with E-state index in [1.807, 2.05) is 30.5 Å². The lowest BCUT2D eigenvalue weighted by Gasteiger charge is -2.09. The summed E-state index contributed by atoms with van der Waals surface area (Å²) in [6, 6.07) is 11.9. The Morgan fingerprint density at radius 1 is 1.29 bits per heavy atom. The number of benzene rings is 2. The van der Waals surface area contributed by atoms with Crippen molar-refractivity contribution in [3.63, 3.8) is 0 Å². The van der Waals surface area contributed by atoms with Crippen LogP contribution in [-0.4, -0.2) is 29.8 Å². The Morgan fingerprint density at radius 2 is 2.14 bits per heavy atom. The lowest BCUT2D eigenvalue weighted by Crippen LogP contribution is -1.96. The van der Waals surface area contributed by atoms with E-state index < -0.39 is 4.92 Å². The summed E-state index contributed by atoms with van der Waals surface area (Å²) in [6.07, 6.45) is 1.65. The van der Waals surface area contributed by atoms with Gasteiger partial charge >= 0.3 is 0 Å². The molecule has 144 valence electrons. The molecule has 0 aliphatic rings. The summed E-state index contributed by atoms with van der Waals surface area (Å²) >= 11 is 1.36. The van der Waals surface area contributed by atoms with Gasteiger partial charge in [0.25, 0.3) is 5.69 Å². The number of rotatable bonds is 8. The molecule has 0 aliphatic carbocycles. The van der Waals surface area contributed by atoms with Crippen molar-refractivity contribution >= 4 is 28.4 Å². The summed E-state index contributed by atoms with van der Waals surface area (Å²) in [6.45, 7) is 2.47.